The van der Waals surface area contributed by atoms with E-state index in [1.54, 1.807) is 0 Å². The quantitative estimate of drug-likeness (QED) is 0.777. The van der Waals surface area contributed by atoms with Gasteiger partial charge in [-0.1, -0.05) is 42.5 Å². The fourth-order valence-electron chi connectivity index (χ4n) is 1.99. The first kappa shape index (κ1) is 13.6. The Bertz CT molecular complexity index is 494. The van der Waals surface area contributed by atoms with Gasteiger partial charge in [0.05, 0.1) is 0 Å². The SMILES string of the molecule is CN(C)Cc1ccccc1CNNc1ccccc1. The minimum Gasteiger partial charge on any atom is -0.321 e. The Morgan fingerprint density at radius 2 is 1.47 bits per heavy atom. The van der Waals surface area contributed by atoms with Crippen LogP contribution in [0.25, 0.3) is 0 Å². The van der Waals surface area contributed by atoms with Crippen molar-refractivity contribution in [3.8, 4) is 0 Å². The molecule has 0 unspecified atom stereocenters. The van der Waals surface area contributed by atoms with Gasteiger partial charge in [0.25, 0.3) is 0 Å². The van der Waals surface area contributed by atoms with Crippen molar-refractivity contribution in [2.75, 3.05) is 19.5 Å². The summed E-state index contributed by atoms with van der Waals surface area (Å²) >= 11 is 0. The number of para-hydroxylation sites is 1. The first-order chi connectivity index (χ1) is 9.25. The van der Waals surface area contributed by atoms with Crippen LogP contribution in [0.1, 0.15) is 11.1 Å². The summed E-state index contributed by atoms with van der Waals surface area (Å²) in [6.45, 7) is 1.77. The van der Waals surface area contributed by atoms with E-state index in [2.05, 4.69) is 54.1 Å². The van der Waals surface area contributed by atoms with Crippen LogP contribution in [0.15, 0.2) is 54.6 Å². The molecular formula is C16H21N3. The molecule has 0 heterocycles. The number of nitrogens with one attached hydrogen (secondary N) is 2. The molecule has 0 bridgehead atoms. The third-order valence-corrected chi connectivity index (χ3v) is 2.89. The Labute approximate surface area is 115 Å². The van der Waals surface area contributed by atoms with Gasteiger partial charge in [-0.3, -0.25) is 0 Å². The van der Waals surface area contributed by atoms with Crippen LogP contribution in [-0.4, -0.2) is 19.0 Å². The Hall–Kier alpha value is -1.84. The first-order valence-electron chi connectivity index (χ1n) is 6.51. The minimum atomic E-state index is 0.804. The molecule has 2 rings (SSSR count). The molecule has 0 aliphatic heterocycles. The van der Waals surface area contributed by atoms with Crippen molar-refractivity contribution in [2.24, 2.45) is 0 Å². The number of hydrogen-bond acceptors (Lipinski definition) is 3. The maximum atomic E-state index is 3.26. The van der Waals surface area contributed by atoms with E-state index in [1.807, 2.05) is 30.3 Å². The van der Waals surface area contributed by atoms with Gasteiger partial charge in [-0.15, -0.1) is 0 Å². The topological polar surface area (TPSA) is 27.3 Å². The zero-order chi connectivity index (χ0) is 13.5. The fraction of sp³-hybridized carbons (Fsp3) is 0.250. The van der Waals surface area contributed by atoms with Gasteiger partial charge in [0.1, 0.15) is 0 Å². The summed E-state index contributed by atoms with van der Waals surface area (Å²) < 4.78 is 0. The predicted octanol–water partition coefficient (Wildman–Crippen LogP) is 2.86. The van der Waals surface area contributed by atoms with Gasteiger partial charge in [0.2, 0.25) is 0 Å². The van der Waals surface area contributed by atoms with Crippen molar-refractivity contribution < 1.29 is 0 Å². The van der Waals surface area contributed by atoms with Crippen LogP contribution in [0.4, 0.5) is 5.69 Å². The predicted molar refractivity (Wildman–Crippen MR) is 80.7 cm³/mol. The normalized spacial score (nSPS) is 10.7. The second-order valence-corrected chi connectivity index (χ2v) is 4.85. The lowest BCUT2D eigenvalue weighted by Crippen LogP contribution is -2.22. The molecule has 0 saturated heterocycles. The number of hydrazine groups is 1. The molecule has 0 saturated carbocycles. The van der Waals surface area contributed by atoms with Crippen LogP contribution < -0.4 is 10.9 Å². The van der Waals surface area contributed by atoms with E-state index < -0.39 is 0 Å². The number of benzene rings is 2. The molecule has 19 heavy (non-hydrogen) atoms. The molecule has 0 aliphatic rings. The third-order valence-electron chi connectivity index (χ3n) is 2.89. The van der Waals surface area contributed by atoms with Gasteiger partial charge in [0, 0.05) is 18.8 Å². The summed E-state index contributed by atoms with van der Waals surface area (Å²) in [6.07, 6.45) is 0. The maximum absolute atomic E-state index is 3.26. The lowest BCUT2D eigenvalue weighted by molar-refractivity contribution is 0.400. The van der Waals surface area contributed by atoms with Crippen LogP contribution in [-0.2, 0) is 13.1 Å². The van der Waals surface area contributed by atoms with E-state index in [-0.39, 0.29) is 0 Å². The fourth-order valence-corrected chi connectivity index (χ4v) is 1.99. The lowest BCUT2D eigenvalue weighted by Gasteiger charge is -2.15. The van der Waals surface area contributed by atoms with Crippen molar-refractivity contribution in [1.29, 1.82) is 0 Å². The Kier molecular flexibility index (Phi) is 4.95. The number of nitrogens with zero attached hydrogens (tertiary/aromatic N) is 1. The lowest BCUT2D eigenvalue weighted by atomic mass is 10.1. The van der Waals surface area contributed by atoms with Crippen molar-refractivity contribution >= 4 is 5.69 Å². The Balaban J connectivity index is 1.92. The highest BCUT2D eigenvalue weighted by Crippen LogP contribution is 2.10. The molecule has 0 amide bonds. The summed E-state index contributed by atoms with van der Waals surface area (Å²) in [5.74, 6) is 0. The molecule has 2 aromatic rings. The second kappa shape index (κ2) is 6.92. The molecule has 100 valence electrons. The summed E-state index contributed by atoms with van der Waals surface area (Å²) in [5.41, 5.74) is 10.2. The summed E-state index contributed by atoms with van der Waals surface area (Å²) in [4.78, 5) is 2.18. The van der Waals surface area contributed by atoms with Crippen LogP contribution in [0.5, 0.6) is 0 Å². The average molecular weight is 255 g/mol. The largest absolute Gasteiger partial charge is 0.321 e. The molecule has 2 N–H and O–H groups in total. The van der Waals surface area contributed by atoms with Gasteiger partial charge in [0.15, 0.2) is 0 Å². The van der Waals surface area contributed by atoms with Gasteiger partial charge in [-0.05, 0) is 37.4 Å². The molecule has 3 heteroatoms. The van der Waals surface area contributed by atoms with E-state index in [1.165, 1.54) is 11.1 Å². The van der Waals surface area contributed by atoms with Crippen LogP contribution in [0, 0.1) is 0 Å². The molecule has 3 nitrogen and oxygen atoms in total. The van der Waals surface area contributed by atoms with E-state index in [0.29, 0.717) is 0 Å². The minimum absolute atomic E-state index is 0.804. The highest BCUT2D eigenvalue weighted by molar-refractivity contribution is 5.41. The first-order valence-corrected chi connectivity index (χ1v) is 6.51. The summed E-state index contributed by atoms with van der Waals surface area (Å²) in [5, 5.41) is 0. The van der Waals surface area contributed by atoms with E-state index in [9.17, 15) is 0 Å². The molecule has 0 aromatic heterocycles. The summed E-state index contributed by atoms with van der Waals surface area (Å²) in [7, 11) is 4.18. The molecular weight excluding hydrogens is 234 g/mol. The Morgan fingerprint density at radius 1 is 0.842 bits per heavy atom. The molecule has 0 atom stereocenters. The standard InChI is InChI=1S/C16H21N3/c1-19(2)13-15-9-7-6-8-14(15)12-17-18-16-10-4-3-5-11-16/h3-11,17-18H,12-13H2,1-2H3. The number of hydrogen-bond donors (Lipinski definition) is 2. The van der Waals surface area contributed by atoms with E-state index >= 15 is 0 Å². The molecule has 0 aliphatic carbocycles. The molecule has 2 aromatic carbocycles. The van der Waals surface area contributed by atoms with Crippen LogP contribution in [0.3, 0.4) is 0 Å². The Morgan fingerprint density at radius 3 is 2.16 bits per heavy atom. The molecule has 0 fully saturated rings. The average Bonchev–Trinajstić information content (AvgIpc) is 2.41. The maximum Gasteiger partial charge on any atom is 0.0487 e. The zero-order valence-electron chi connectivity index (χ0n) is 11.6. The number of anilines is 1. The monoisotopic (exact) mass is 255 g/mol. The van der Waals surface area contributed by atoms with Crippen molar-refractivity contribution in [2.45, 2.75) is 13.1 Å². The highest BCUT2D eigenvalue weighted by atomic mass is 15.3. The van der Waals surface area contributed by atoms with Gasteiger partial charge in [-0.25, -0.2) is 5.43 Å². The smallest absolute Gasteiger partial charge is 0.0487 e. The van der Waals surface area contributed by atoms with Gasteiger partial charge < -0.3 is 10.3 Å². The van der Waals surface area contributed by atoms with Crippen molar-refractivity contribution in [3.63, 3.8) is 0 Å². The summed E-state index contributed by atoms with van der Waals surface area (Å²) in [6, 6.07) is 18.6. The van der Waals surface area contributed by atoms with Crippen molar-refractivity contribution in [1.82, 2.24) is 10.3 Å². The molecule has 0 radical (unpaired) electrons. The second-order valence-electron chi connectivity index (χ2n) is 4.85. The zero-order valence-corrected chi connectivity index (χ0v) is 11.6. The third kappa shape index (κ3) is 4.39. The van der Waals surface area contributed by atoms with Crippen LogP contribution in [0.2, 0.25) is 0 Å². The van der Waals surface area contributed by atoms with Crippen LogP contribution >= 0.6 is 0 Å². The van der Waals surface area contributed by atoms with E-state index in [4.69, 9.17) is 0 Å². The number of rotatable bonds is 6. The van der Waals surface area contributed by atoms with E-state index in [0.717, 1.165) is 18.8 Å². The van der Waals surface area contributed by atoms with Gasteiger partial charge >= 0.3 is 0 Å². The van der Waals surface area contributed by atoms with Crippen molar-refractivity contribution in [3.05, 3.63) is 65.7 Å². The van der Waals surface area contributed by atoms with Gasteiger partial charge in [-0.2, -0.15) is 0 Å². The molecule has 0 spiro atoms. The highest BCUT2D eigenvalue weighted by Gasteiger charge is 2.02.